The van der Waals surface area contributed by atoms with Gasteiger partial charge in [0.15, 0.2) is 5.16 Å². The number of nitrogens with zero attached hydrogens (tertiary/aromatic N) is 4. The maximum absolute atomic E-state index is 13.7. The highest BCUT2D eigenvalue weighted by molar-refractivity contribution is 7.99. The molecule has 5 aromatic rings. The molecule has 0 bridgehead atoms. The summed E-state index contributed by atoms with van der Waals surface area (Å²) in [6.07, 6.45) is 0. The molecule has 0 spiro atoms. The molecule has 37 heavy (non-hydrogen) atoms. The highest BCUT2D eigenvalue weighted by Gasteiger charge is 2.20. The van der Waals surface area contributed by atoms with Crippen LogP contribution in [0.3, 0.4) is 0 Å². The van der Waals surface area contributed by atoms with E-state index in [2.05, 4.69) is 11.1 Å². The minimum atomic E-state index is -0.296. The fraction of sp³-hybridized carbons (Fsp3) is 0.111. The van der Waals surface area contributed by atoms with Crippen LogP contribution in [0, 0.1) is 11.3 Å². The number of aliphatic hydroxyl groups is 1. The first kappa shape index (κ1) is 24.4. The zero-order chi connectivity index (χ0) is 25.9. The van der Waals surface area contributed by atoms with E-state index in [4.69, 9.17) is 14.5 Å². The van der Waals surface area contributed by atoms with E-state index in [0.29, 0.717) is 38.3 Å². The van der Waals surface area contributed by atoms with Crippen molar-refractivity contribution >= 4 is 49.8 Å². The number of methoxy groups -OCH3 is 2. The molecule has 0 aliphatic rings. The van der Waals surface area contributed by atoms with Crippen molar-refractivity contribution in [3.63, 3.8) is 0 Å². The number of nitriles is 1. The lowest BCUT2D eigenvalue weighted by molar-refractivity contribution is 0.400. The predicted octanol–water partition coefficient (Wildman–Crippen LogP) is 5.60. The minimum Gasteiger partial charge on any atom is -0.510 e. The van der Waals surface area contributed by atoms with Crippen molar-refractivity contribution in [2.24, 2.45) is 0 Å². The number of thioether (sulfide) groups is 1. The maximum atomic E-state index is 13.7. The standard InChI is InChI=1S/C27H20N4O4S2/c1-34-16-11-12-23(35-2)21(13-16)31-26(33)17-7-3-4-8-19(17)30-27(31)36-15-22(32)18(14-28)25-29-20-9-5-6-10-24(20)37-25/h3-13,32H,15H2,1-2H3/b22-18+. The molecule has 10 heteroatoms. The number of hydrogen-bond acceptors (Lipinski definition) is 9. The number of aliphatic hydroxyl groups excluding tert-OH is 1. The lowest BCUT2D eigenvalue weighted by Gasteiger charge is -2.16. The third-order valence-electron chi connectivity index (χ3n) is 5.62. The Morgan fingerprint density at radius 2 is 1.81 bits per heavy atom. The van der Waals surface area contributed by atoms with Gasteiger partial charge in [0, 0.05) is 6.07 Å². The summed E-state index contributed by atoms with van der Waals surface area (Å²) in [5.41, 5.74) is 1.51. The molecule has 0 unspecified atom stereocenters. The molecular weight excluding hydrogens is 508 g/mol. The fourth-order valence-corrected chi connectivity index (χ4v) is 5.68. The number of rotatable bonds is 7. The normalized spacial score (nSPS) is 11.8. The van der Waals surface area contributed by atoms with Gasteiger partial charge in [0.05, 0.1) is 46.8 Å². The summed E-state index contributed by atoms with van der Waals surface area (Å²) in [7, 11) is 3.06. The monoisotopic (exact) mass is 528 g/mol. The molecule has 184 valence electrons. The Labute approximate surface area is 220 Å². The molecule has 0 aliphatic carbocycles. The van der Waals surface area contributed by atoms with Gasteiger partial charge in [-0.05, 0) is 36.4 Å². The number of hydrogen-bond donors (Lipinski definition) is 1. The van der Waals surface area contributed by atoms with Gasteiger partial charge in [0.25, 0.3) is 5.56 Å². The van der Waals surface area contributed by atoms with Crippen LogP contribution in [0.4, 0.5) is 0 Å². The zero-order valence-electron chi connectivity index (χ0n) is 19.8. The van der Waals surface area contributed by atoms with Crippen LogP contribution < -0.4 is 15.0 Å². The zero-order valence-corrected chi connectivity index (χ0v) is 21.5. The molecule has 0 saturated carbocycles. The first-order valence-electron chi connectivity index (χ1n) is 11.1. The van der Waals surface area contributed by atoms with Gasteiger partial charge < -0.3 is 14.6 Å². The lowest BCUT2D eigenvalue weighted by atomic mass is 10.2. The molecular formula is C27H20N4O4S2. The summed E-state index contributed by atoms with van der Waals surface area (Å²) < 4.78 is 13.3. The van der Waals surface area contributed by atoms with Gasteiger partial charge in [-0.3, -0.25) is 9.36 Å². The predicted molar refractivity (Wildman–Crippen MR) is 146 cm³/mol. The van der Waals surface area contributed by atoms with E-state index in [1.807, 2.05) is 24.3 Å². The SMILES string of the molecule is COc1ccc(OC)c(-n2c(SC/C(O)=C(/C#N)c3nc4ccccc4s3)nc3ccccc3c2=O)c1. The summed E-state index contributed by atoms with van der Waals surface area (Å²) in [5.74, 6) is 0.833. The van der Waals surface area contributed by atoms with Crippen LogP contribution in [0.5, 0.6) is 11.5 Å². The first-order chi connectivity index (χ1) is 18.0. The molecule has 0 radical (unpaired) electrons. The highest BCUT2D eigenvalue weighted by Crippen LogP contribution is 2.33. The van der Waals surface area contributed by atoms with Crippen LogP contribution in [0.2, 0.25) is 0 Å². The van der Waals surface area contributed by atoms with Gasteiger partial charge in [-0.25, -0.2) is 9.97 Å². The molecule has 5 rings (SSSR count). The molecule has 0 atom stereocenters. The summed E-state index contributed by atoms with van der Waals surface area (Å²) in [4.78, 5) is 22.8. The van der Waals surface area contributed by atoms with Gasteiger partial charge in [0.1, 0.15) is 33.9 Å². The smallest absolute Gasteiger partial charge is 0.266 e. The van der Waals surface area contributed by atoms with Crippen LogP contribution in [-0.2, 0) is 0 Å². The quantitative estimate of drug-likeness (QED) is 0.126. The summed E-state index contributed by atoms with van der Waals surface area (Å²) in [5, 5.41) is 21.9. The molecule has 8 nitrogen and oxygen atoms in total. The van der Waals surface area contributed by atoms with Gasteiger partial charge in [0.2, 0.25) is 0 Å². The molecule has 0 saturated heterocycles. The van der Waals surface area contributed by atoms with Gasteiger partial charge in [-0.15, -0.1) is 11.3 Å². The second kappa shape index (κ2) is 10.3. The summed E-state index contributed by atoms with van der Waals surface area (Å²) in [6, 6.07) is 21.8. The van der Waals surface area contributed by atoms with Crippen LogP contribution in [0.1, 0.15) is 5.01 Å². The van der Waals surface area contributed by atoms with Crippen LogP contribution in [0.25, 0.3) is 32.4 Å². The topological polar surface area (TPSA) is 110 Å². The second-order valence-corrected chi connectivity index (χ2v) is 9.77. The summed E-state index contributed by atoms with van der Waals surface area (Å²) >= 11 is 2.46. The maximum Gasteiger partial charge on any atom is 0.266 e. The van der Waals surface area contributed by atoms with Gasteiger partial charge in [-0.2, -0.15) is 5.26 Å². The van der Waals surface area contributed by atoms with Crippen molar-refractivity contribution in [1.82, 2.24) is 14.5 Å². The Bertz CT molecular complexity index is 1740. The van der Waals surface area contributed by atoms with Crippen LogP contribution in [-0.4, -0.2) is 39.6 Å². The lowest BCUT2D eigenvalue weighted by Crippen LogP contribution is -2.22. The average molecular weight is 529 g/mol. The van der Waals surface area contributed by atoms with E-state index in [1.54, 1.807) is 42.5 Å². The molecule has 0 fully saturated rings. The van der Waals surface area contributed by atoms with Crippen molar-refractivity contribution in [2.75, 3.05) is 20.0 Å². The third-order valence-corrected chi connectivity index (χ3v) is 7.62. The number of benzene rings is 3. The average Bonchev–Trinajstić information content (AvgIpc) is 3.36. The van der Waals surface area contributed by atoms with Gasteiger partial charge >= 0.3 is 0 Å². The second-order valence-electron chi connectivity index (χ2n) is 7.80. The number of para-hydroxylation sites is 2. The summed E-state index contributed by atoms with van der Waals surface area (Å²) in [6.45, 7) is 0. The molecule has 0 aliphatic heterocycles. The van der Waals surface area contributed by atoms with E-state index in [-0.39, 0.29) is 22.6 Å². The molecule has 0 amide bonds. The van der Waals surface area contributed by atoms with Crippen LogP contribution in [0.15, 0.2) is 82.4 Å². The van der Waals surface area contributed by atoms with Crippen molar-refractivity contribution < 1.29 is 14.6 Å². The van der Waals surface area contributed by atoms with Crippen molar-refractivity contribution in [3.8, 4) is 23.3 Å². The number of allylic oxidation sites excluding steroid dienone is 1. The number of aromatic nitrogens is 3. The number of thiazole rings is 1. The van der Waals surface area contributed by atoms with Crippen molar-refractivity contribution in [3.05, 3.63) is 87.9 Å². The number of ether oxygens (including phenoxy) is 2. The molecule has 2 heterocycles. The van der Waals surface area contributed by atoms with E-state index >= 15 is 0 Å². The molecule has 3 aromatic carbocycles. The van der Waals surface area contributed by atoms with E-state index in [9.17, 15) is 15.2 Å². The van der Waals surface area contributed by atoms with E-state index < -0.39 is 0 Å². The number of fused-ring (bicyclic) bond motifs is 2. The van der Waals surface area contributed by atoms with Crippen LogP contribution >= 0.6 is 23.1 Å². The Hall–Kier alpha value is -4.33. The van der Waals surface area contributed by atoms with E-state index in [0.717, 1.165) is 22.0 Å². The third kappa shape index (κ3) is 4.62. The fourth-order valence-electron chi connectivity index (χ4n) is 3.81. The van der Waals surface area contributed by atoms with E-state index in [1.165, 1.54) is 30.1 Å². The first-order valence-corrected chi connectivity index (χ1v) is 12.9. The van der Waals surface area contributed by atoms with Gasteiger partial charge in [-0.1, -0.05) is 36.0 Å². The largest absolute Gasteiger partial charge is 0.510 e. The molecule has 1 N–H and O–H groups in total. The Balaban J connectivity index is 1.61. The van der Waals surface area contributed by atoms with Crippen molar-refractivity contribution in [2.45, 2.75) is 5.16 Å². The van der Waals surface area contributed by atoms with Crippen molar-refractivity contribution in [1.29, 1.82) is 5.26 Å². The highest BCUT2D eigenvalue weighted by atomic mass is 32.2. The Morgan fingerprint density at radius 1 is 1.05 bits per heavy atom. The minimum absolute atomic E-state index is 0.00408. The Kier molecular flexibility index (Phi) is 6.81. The Morgan fingerprint density at radius 3 is 2.54 bits per heavy atom. The molecule has 2 aromatic heterocycles.